The lowest BCUT2D eigenvalue weighted by Crippen LogP contribution is -2.47. The smallest absolute Gasteiger partial charge is 0.338 e. The summed E-state index contributed by atoms with van der Waals surface area (Å²) in [4.78, 5) is 48.2. The first-order chi connectivity index (χ1) is 22.3. The Morgan fingerprint density at radius 1 is 0.978 bits per heavy atom. The number of anilines is 3. The molecule has 2 aliphatic heterocycles. The number of amides is 2. The number of hydrogen-bond acceptors (Lipinski definition) is 8. The van der Waals surface area contributed by atoms with Gasteiger partial charge in [0.25, 0.3) is 5.91 Å². The van der Waals surface area contributed by atoms with Gasteiger partial charge >= 0.3 is 5.97 Å². The number of piperazine rings is 1. The maximum atomic E-state index is 13.9. The molecule has 9 nitrogen and oxygen atoms in total. The Morgan fingerprint density at radius 3 is 2.37 bits per heavy atom. The highest BCUT2D eigenvalue weighted by atomic mass is 32.2. The number of esters is 1. The number of nitrogens with zero attached hydrogens (tertiary/aromatic N) is 4. The predicted octanol–water partition coefficient (Wildman–Crippen LogP) is 5.27. The highest BCUT2D eigenvalue weighted by Crippen LogP contribution is 2.30. The quantitative estimate of drug-likeness (QED) is 0.158. The van der Waals surface area contributed by atoms with Gasteiger partial charge in [-0.15, -0.1) is 11.8 Å². The molecule has 3 aromatic rings. The van der Waals surface area contributed by atoms with Gasteiger partial charge in [0.1, 0.15) is 11.9 Å². The zero-order valence-corrected chi connectivity index (χ0v) is 27.6. The van der Waals surface area contributed by atoms with Crippen LogP contribution in [-0.2, 0) is 14.3 Å². The molecule has 242 valence electrons. The molecule has 46 heavy (non-hydrogen) atoms. The van der Waals surface area contributed by atoms with E-state index in [1.54, 1.807) is 47.9 Å². The van der Waals surface area contributed by atoms with Crippen LogP contribution in [0.4, 0.5) is 21.5 Å². The van der Waals surface area contributed by atoms with E-state index in [2.05, 4.69) is 15.1 Å². The van der Waals surface area contributed by atoms with E-state index < -0.39 is 12.0 Å². The maximum absolute atomic E-state index is 13.9. The third-order valence-corrected chi connectivity index (χ3v) is 9.27. The molecule has 0 spiro atoms. The normalized spacial score (nSPS) is 17.0. The summed E-state index contributed by atoms with van der Waals surface area (Å²) in [6, 6.07) is 20.0. The summed E-state index contributed by atoms with van der Waals surface area (Å²) in [7, 11) is 0. The minimum atomic E-state index is -0.750. The van der Waals surface area contributed by atoms with Crippen molar-refractivity contribution in [2.24, 2.45) is 0 Å². The van der Waals surface area contributed by atoms with Gasteiger partial charge in [0.2, 0.25) is 5.91 Å². The van der Waals surface area contributed by atoms with Crippen LogP contribution in [0.25, 0.3) is 0 Å². The van der Waals surface area contributed by atoms with Crippen LogP contribution in [0.5, 0.6) is 0 Å². The van der Waals surface area contributed by atoms with E-state index in [9.17, 15) is 18.8 Å². The van der Waals surface area contributed by atoms with Crippen molar-refractivity contribution >= 4 is 63.9 Å². The molecule has 0 unspecified atom stereocenters. The Morgan fingerprint density at radius 2 is 1.70 bits per heavy atom. The Kier molecular flexibility index (Phi) is 11.3. The highest BCUT2D eigenvalue weighted by Gasteiger charge is 2.44. The SMILES string of the molecule is CCOC(=O)c1ccc(NC(=O)C[C@@H]2C(=O)N(c3cccc(SC)c3)C(=S)N2CCCN2CCN(c3ccc(F)cc3)CC2)cc1. The zero-order chi connectivity index (χ0) is 32.6. The summed E-state index contributed by atoms with van der Waals surface area (Å²) in [6.07, 6.45) is 2.66. The zero-order valence-electron chi connectivity index (χ0n) is 26.0. The number of carbonyl (C=O) groups is 3. The van der Waals surface area contributed by atoms with Crippen LogP contribution in [-0.4, -0.2) is 90.9 Å². The fourth-order valence-electron chi connectivity index (χ4n) is 5.71. The summed E-state index contributed by atoms with van der Waals surface area (Å²) < 4.78 is 18.4. The second-order valence-corrected chi connectivity index (χ2v) is 12.3. The summed E-state index contributed by atoms with van der Waals surface area (Å²) in [6.45, 7) is 6.78. The molecule has 0 aromatic heterocycles. The van der Waals surface area contributed by atoms with Gasteiger partial charge in [0.15, 0.2) is 5.11 Å². The van der Waals surface area contributed by atoms with Crippen molar-refractivity contribution in [3.05, 3.63) is 84.2 Å². The average molecular weight is 664 g/mol. The summed E-state index contributed by atoms with van der Waals surface area (Å²) in [5.41, 5.74) is 2.61. The number of thiocarbonyl (C=S) groups is 1. The Bertz CT molecular complexity index is 1550. The van der Waals surface area contributed by atoms with Crippen LogP contribution in [0.1, 0.15) is 30.1 Å². The molecule has 0 saturated carbocycles. The van der Waals surface area contributed by atoms with Gasteiger partial charge in [0, 0.05) is 49.0 Å². The molecule has 0 radical (unpaired) electrons. The number of halogens is 1. The molecule has 2 aliphatic rings. The van der Waals surface area contributed by atoms with Gasteiger partial charge in [-0.25, -0.2) is 9.18 Å². The maximum Gasteiger partial charge on any atom is 0.338 e. The van der Waals surface area contributed by atoms with Crippen LogP contribution < -0.4 is 15.1 Å². The van der Waals surface area contributed by atoms with E-state index in [1.807, 2.05) is 47.6 Å². The highest BCUT2D eigenvalue weighted by molar-refractivity contribution is 7.98. The number of nitrogens with one attached hydrogen (secondary N) is 1. The summed E-state index contributed by atoms with van der Waals surface area (Å²) >= 11 is 7.45. The van der Waals surface area contributed by atoms with Gasteiger partial charge in [-0.1, -0.05) is 6.07 Å². The van der Waals surface area contributed by atoms with Crippen molar-refractivity contribution in [3.8, 4) is 0 Å². The Labute approximate surface area is 278 Å². The Hall–Kier alpha value is -4.00. The molecule has 2 saturated heterocycles. The monoisotopic (exact) mass is 663 g/mol. The van der Waals surface area contributed by atoms with Crippen LogP contribution in [0, 0.1) is 5.82 Å². The standard InChI is InChI=1S/C34H38FN5O4S2/c1-3-44-33(43)24-8-12-26(13-9-24)36-31(41)23-30-32(42)40(28-6-4-7-29(22-28)46-2)34(45)39(30)17-5-16-37-18-20-38(21-19-37)27-14-10-25(35)11-15-27/h4,6-15,22,30H,3,5,16-21,23H2,1-2H3,(H,36,41)/t30-/m1/s1. The number of rotatable bonds is 12. The third-order valence-electron chi connectivity index (χ3n) is 8.13. The lowest BCUT2D eigenvalue weighted by molar-refractivity contribution is -0.124. The Balaban J connectivity index is 1.23. The predicted molar refractivity (Wildman–Crippen MR) is 184 cm³/mol. The van der Waals surface area contributed by atoms with E-state index >= 15 is 0 Å². The third kappa shape index (κ3) is 8.04. The topological polar surface area (TPSA) is 85.4 Å². The molecular weight excluding hydrogens is 626 g/mol. The molecule has 1 N–H and O–H groups in total. The van der Waals surface area contributed by atoms with Crippen LogP contribution in [0.3, 0.4) is 0 Å². The van der Waals surface area contributed by atoms with E-state index in [0.717, 1.165) is 49.7 Å². The van der Waals surface area contributed by atoms with Crippen LogP contribution >= 0.6 is 24.0 Å². The largest absolute Gasteiger partial charge is 0.462 e. The van der Waals surface area contributed by atoms with Crippen LogP contribution in [0.2, 0.25) is 0 Å². The van der Waals surface area contributed by atoms with Gasteiger partial charge in [-0.05, 0) is 105 Å². The molecule has 1 atom stereocenters. The van der Waals surface area contributed by atoms with E-state index in [1.165, 1.54) is 12.1 Å². The number of ether oxygens (including phenoxy) is 1. The second kappa shape index (κ2) is 15.5. The summed E-state index contributed by atoms with van der Waals surface area (Å²) in [5, 5.41) is 3.25. The second-order valence-electron chi connectivity index (χ2n) is 11.1. The van der Waals surface area contributed by atoms with Crippen molar-refractivity contribution in [1.82, 2.24) is 9.80 Å². The molecule has 2 heterocycles. The van der Waals surface area contributed by atoms with Gasteiger partial charge < -0.3 is 19.9 Å². The number of thioether (sulfide) groups is 1. The average Bonchev–Trinajstić information content (AvgIpc) is 3.29. The fraction of sp³-hybridized carbons (Fsp3) is 0.353. The van der Waals surface area contributed by atoms with E-state index in [-0.39, 0.29) is 30.7 Å². The van der Waals surface area contributed by atoms with Crippen molar-refractivity contribution in [3.63, 3.8) is 0 Å². The first kappa shape index (κ1) is 33.4. The molecule has 0 aliphatic carbocycles. The van der Waals surface area contributed by atoms with Gasteiger partial charge in [-0.2, -0.15) is 0 Å². The first-order valence-corrected chi connectivity index (χ1v) is 17.0. The lowest BCUT2D eigenvalue weighted by Gasteiger charge is -2.36. The summed E-state index contributed by atoms with van der Waals surface area (Å²) in [5.74, 6) is -1.23. The minimum Gasteiger partial charge on any atom is -0.462 e. The van der Waals surface area contributed by atoms with Gasteiger partial charge in [0.05, 0.1) is 24.3 Å². The van der Waals surface area contributed by atoms with Crippen LogP contribution in [0.15, 0.2) is 77.7 Å². The van der Waals surface area contributed by atoms with E-state index in [0.29, 0.717) is 28.6 Å². The molecular formula is C34H38FN5O4S2. The van der Waals surface area contributed by atoms with Crippen molar-refractivity contribution in [2.75, 3.05) is 67.2 Å². The molecule has 5 rings (SSSR count). The van der Waals surface area contributed by atoms with E-state index in [4.69, 9.17) is 17.0 Å². The molecule has 3 aromatic carbocycles. The number of carbonyl (C=O) groups excluding carboxylic acids is 3. The molecule has 0 bridgehead atoms. The lowest BCUT2D eigenvalue weighted by atomic mass is 10.1. The van der Waals surface area contributed by atoms with Gasteiger partial charge in [-0.3, -0.25) is 19.4 Å². The van der Waals surface area contributed by atoms with Crippen molar-refractivity contribution in [2.45, 2.75) is 30.7 Å². The first-order valence-electron chi connectivity index (χ1n) is 15.4. The molecule has 2 fully saturated rings. The minimum absolute atomic E-state index is 0.0757. The number of hydrogen-bond donors (Lipinski definition) is 1. The van der Waals surface area contributed by atoms with Crippen molar-refractivity contribution < 1.29 is 23.5 Å². The molecule has 2 amide bonds. The van der Waals surface area contributed by atoms with Crippen molar-refractivity contribution in [1.29, 1.82) is 0 Å². The fourth-order valence-corrected chi connectivity index (χ4v) is 6.58. The number of benzene rings is 3. The molecule has 12 heteroatoms.